The topological polar surface area (TPSA) is 79.7 Å². The zero-order valence-corrected chi connectivity index (χ0v) is 17.3. The van der Waals surface area contributed by atoms with Gasteiger partial charge in [0, 0.05) is 17.3 Å². The van der Waals surface area contributed by atoms with Gasteiger partial charge >= 0.3 is 0 Å². The molecule has 1 atom stereocenters. The van der Waals surface area contributed by atoms with Gasteiger partial charge in [0.2, 0.25) is 0 Å². The number of ketones is 1. The molecule has 1 aliphatic rings. The van der Waals surface area contributed by atoms with Gasteiger partial charge < -0.3 is 14.7 Å². The predicted octanol–water partition coefficient (Wildman–Crippen LogP) is 4.08. The summed E-state index contributed by atoms with van der Waals surface area (Å²) in [6.07, 6.45) is 3.21. The molecule has 0 spiro atoms. The standard InChI is InChI=1S/C23H20N2O4S/c1-14-5-6-18(29-2)17(12-14)21(26)19-20(15-7-9-24-10-8-15)25(23(28)22(19)27)13-16-4-3-11-30-16/h3-12,20,26H,13H2,1-2H3/b21-19+. The number of hydrogen-bond donors (Lipinski definition) is 1. The summed E-state index contributed by atoms with van der Waals surface area (Å²) in [7, 11) is 1.50. The van der Waals surface area contributed by atoms with Crippen LogP contribution >= 0.6 is 11.3 Å². The molecule has 0 radical (unpaired) electrons. The Bertz CT molecular complexity index is 1120. The SMILES string of the molecule is COc1ccc(C)cc1/C(O)=C1\C(=O)C(=O)N(Cc2cccs2)C1c1ccncc1. The van der Waals surface area contributed by atoms with Crippen LogP contribution in [0.1, 0.15) is 27.6 Å². The molecule has 6 nitrogen and oxygen atoms in total. The van der Waals surface area contributed by atoms with Crippen LogP contribution in [0, 0.1) is 6.92 Å². The lowest BCUT2D eigenvalue weighted by molar-refractivity contribution is -0.140. The van der Waals surface area contributed by atoms with Crippen molar-refractivity contribution < 1.29 is 19.4 Å². The van der Waals surface area contributed by atoms with Crippen molar-refractivity contribution in [2.75, 3.05) is 7.11 Å². The lowest BCUT2D eigenvalue weighted by atomic mass is 9.95. The molecule has 1 N–H and O–H groups in total. The first-order valence-corrected chi connectivity index (χ1v) is 10.2. The molecule has 4 rings (SSSR count). The van der Waals surface area contributed by atoms with E-state index in [4.69, 9.17) is 4.74 Å². The molecule has 30 heavy (non-hydrogen) atoms. The number of nitrogens with zero attached hydrogens (tertiary/aromatic N) is 2. The quantitative estimate of drug-likeness (QED) is 0.382. The van der Waals surface area contributed by atoms with E-state index in [1.54, 1.807) is 36.7 Å². The maximum absolute atomic E-state index is 13.1. The molecule has 1 fully saturated rings. The van der Waals surface area contributed by atoms with E-state index in [2.05, 4.69) is 4.98 Å². The molecule has 1 aliphatic heterocycles. The van der Waals surface area contributed by atoms with E-state index in [0.29, 0.717) is 16.9 Å². The average Bonchev–Trinajstić information content (AvgIpc) is 3.36. The number of benzene rings is 1. The van der Waals surface area contributed by atoms with Crippen molar-refractivity contribution in [3.8, 4) is 5.75 Å². The minimum atomic E-state index is -0.722. The average molecular weight is 420 g/mol. The van der Waals surface area contributed by atoms with Crippen LogP contribution in [0.4, 0.5) is 0 Å². The van der Waals surface area contributed by atoms with Crippen LogP contribution in [0.3, 0.4) is 0 Å². The Labute approximate surface area is 178 Å². The fourth-order valence-corrected chi connectivity index (χ4v) is 4.36. The fourth-order valence-electron chi connectivity index (χ4n) is 3.66. The molecular formula is C23H20N2O4S. The molecule has 0 bridgehead atoms. The second kappa shape index (κ2) is 8.12. The number of likely N-dealkylation sites (tertiary alicyclic amines) is 1. The molecule has 1 saturated heterocycles. The third kappa shape index (κ3) is 3.48. The van der Waals surface area contributed by atoms with Crippen molar-refractivity contribution in [3.63, 3.8) is 0 Å². The molecule has 3 heterocycles. The number of aliphatic hydroxyl groups is 1. The van der Waals surface area contributed by atoms with Gasteiger partial charge in [-0.25, -0.2) is 0 Å². The first kappa shape index (κ1) is 19.8. The Morgan fingerprint density at radius 1 is 1.20 bits per heavy atom. The second-order valence-corrected chi connectivity index (χ2v) is 8.02. The first-order chi connectivity index (χ1) is 14.5. The van der Waals surface area contributed by atoms with E-state index in [9.17, 15) is 14.7 Å². The Kier molecular flexibility index (Phi) is 5.37. The van der Waals surface area contributed by atoms with E-state index < -0.39 is 17.7 Å². The number of thiophene rings is 1. The van der Waals surface area contributed by atoms with Crippen molar-refractivity contribution in [3.05, 3.63) is 87.4 Å². The summed E-state index contributed by atoms with van der Waals surface area (Å²) in [5.74, 6) is -1.17. The number of amides is 1. The van der Waals surface area contributed by atoms with E-state index in [-0.39, 0.29) is 17.9 Å². The summed E-state index contributed by atoms with van der Waals surface area (Å²) in [6.45, 7) is 2.16. The largest absolute Gasteiger partial charge is 0.507 e. The van der Waals surface area contributed by atoms with Crippen LogP contribution in [0.25, 0.3) is 5.76 Å². The smallest absolute Gasteiger partial charge is 0.295 e. The van der Waals surface area contributed by atoms with Gasteiger partial charge in [0.1, 0.15) is 11.5 Å². The van der Waals surface area contributed by atoms with Crippen molar-refractivity contribution in [2.24, 2.45) is 0 Å². The van der Waals surface area contributed by atoms with E-state index in [1.807, 2.05) is 30.5 Å². The van der Waals surface area contributed by atoms with Crippen molar-refractivity contribution in [2.45, 2.75) is 19.5 Å². The molecule has 0 aliphatic carbocycles. The highest BCUT2D eigenvalue weighted by atomic mass is 32.1. The summed E-state index contributed by atoms with van der Waals surface area (Å²) in [5, 5.41) is 13.1. The van der Waals surface area contributed by atoms with Crippen LogP contribution < -0.4 is 4.74 Å². The molecule has 7 heteroatoms. The van der Waals surface area contributed by atoms with Crippen molar-refractivity contribution in [1.82, 2.24) is 9.88 Å². The number of aryl methyl sites for hydroxylation is 1. The molecule has 2 aromatic heterocycles. The van der Waals surface area contributed by atoms with Gasteiger partial charge in [-0.15, -0.1) is 11.3 Å². The normalized spacial score (nSPS) is 18.1. The summed E-state index contributed by atoms with van der Waals surface area (Å²) in [6, 6.07) is 11.9. The van der Waals surface area contributed by atoms with Crippen LogP contribution in [-0.4, -0.2) is 33.8 Å². The molecule has 1 unspecified atom stereocenters. The fraction of sp³-hybridized carbons (Fsp3) is 0.174. The lowest BCUT2D eigenvalue weighted by Crippen LogP contribution is -2.28. The Morgan fingerprint density at radius 3 is 2.63 bits per heavy atom. The number of methoxy groups -OCH3 is 1. The third-order valence-electron chi connectivity index (χ3n) is 5.08. The van der Waals surface area contributed by atoms with Crippen LogP contribution in [0.15, 0.2) is 65.8 Å². The van der Waals surface area contributed by atoms with Crippen molar-refractivity contribution >= 4 is 28.8 Å². The number of Topliss-reactive ketones (excluding diaryl/α,β-unsaturated/α-hetero) is 1. The monoisotopic (exact) mass is 420 g/mol. The molecule has 1 amide bonds. The Balaban J connectivity index is 1.90. The third-order valence-corrected chi connectivity index (χ3v) is 5.94. The Hall–Kier alpha value is -3.45. The minimum Gasteiger partial charge on any atom is -0.507 e. The number of aliphatic hydroxyl groups excluding tert-OH is 1. The Morgan fingerprint density at radius 2 is 1.97 bits per heavy atom. The van der Waals surface area contributed by atoms with Gasteiger partial charge in [-0.1, -0.05) is 17.7 Å². The summed E-state index contributed by atoms with van der Waals surface area (Å²) >= 11 is 1.51. The van der Waals surface area contributed by atoms with Crippen LogP contribution in [0.5, 0.6) is 5.75 Å². The van der Waals surface area contributed by atoms with Crippen molar-refractivity contribution in [1.29, 1.82) is 0 Å². The summed E-state index contributed by atoms with van der Waals surface area (Å²) < 4.78 is 5.38. The molecule has 152 valence electrons. The zero-order valence-electron chi connectivity index (χ0n) is 16.5. The first-order valence-electron chi connectivity index (χ1n) is 9.37. The molecular weight excluding hydrogens is 400 g/mol. The molecule has 0 saturated carbocycles. The van der Waals surface area contributed by atoms with E-state index in [0.717, 1.165) is 10.4 Å². The highest BCUT2D eigenvalue weighted by molar-refractivity contribution is 7.09. The minimum absolute atomic E-state index is 0.0478. The van der Waals surface area contributed by atoms with E-state index in [1.165, 1.54) is 23.3 Å². The van der Waals surface area contributed by atoms with Gasteiger partial charge in [-0.2, -0.15) is 0 Å². The van der Waals surface area contributed by atoms with Gasteiger partial charge in [0.25, 0.3) is 11.7 Å². The van der Waals surface area contributed by atoms with Crippen LogP contribution in [0.2, 0.25) is 0 Å². The number of hydrogen-bond acceptors (Lipinski definition) is 6. The highest BCUT2D eigenvalue weighted by Gasteiger charge is 2.46. The molecule has 1 aromatic carbocycles. The van der Waals surface area contributed by atoms with Crippen LogP contribution in [-0.2, 0) is 16.1 Å². The number of rotatable bonds is 5. The predicted molar refractivity (Wildman–Crippen MR) is 114 cm³/mol. The van der Waals surface area contributed by atoms with E-state index >= 15 is 0 Å². The van der Waals surface area contributed by atoms with Gasteiger partial charge in [0.15, 0.2) is 0 Å². The lowest BCUT2D eigenvalue weighted by Gasteiger charge is -2.25. The maximum atomic E-state index is 13.1. The summed E-state index contributed by atoms with van der Waals surface area (Å²) in [5.41, 5.74) is 2.02. The molecule has 3 aromatic rings. The van der Waals surface area contributed by atoms with Gasteiger partial charge in [-0.3, -0.25) is 14.6 Å². The number of pyridine rings is 1. The summed E-state index contributed by atoms with van der Waals surface area (Å²) in [4.78, 5) is 32.5. The van der Waals surface area contributed by atoms with Gasteiger partial charge in [0.05, 0.1) is 30.8 Å². The second-order valence-electron chi connectivity index (χ2n) is 6.99. The number of aromatic nitrogens is 1. The number of carbonyl (C=O) groups excluding carboxylic acids is 2. The highest BCUT2D eigenvalue weighted by Crippen LogP contribution is 2.41. The zero-order chi connectivity index (χ0) is 21.3. The maximum Gasteiger partial charge on any atom is 0.295 e. The number of ether oxygens (including phenoxy) is 1. The van der Waals surface area contributed by atoms with Gasteiger partial charge in [-0.05, 0) is 48.2 Å². The number of carbonyl (C=O) groups is 2.